The molecule has 1 aromatic carbocycles. The fraction of sp³-hybridized carbons (Fsp3) is 0. The van der Waals surface area contributed by atoms with Crippen LogP contribution in [-0.2, 0) is 4.79 Å². The summed E-state index contributed by atoms with van der Waals surface area (Å²) in [6.07, 6.45) is 3.23. The summed E-state index contributed by atoms with van der Waals surface area (Å²) >= 11 is 2.46. The molecular weight excluding hydrogens is 330 g/mol. The Kier molecular flexibility index (Phi) is 3.44. The average Bonchev–Trinajstić information content (AvgIpc) is 3.18. The van der Waals surface area contributed by atoms with Gasteiger partial charge in [-0.25, -0.2) is 9.97 Å². The monoisotopic (exact) mass is 339 g/mol. The van der Waals surface area contributed by atoms with Crippen molar-refractivity contribution in [2.75, 3.05) is 0 Å². The van der Waals surface area contributed by atoms with Crippen molar-refractivity contribution in [2.24, 2.45) is 0 Å². The van der Waals surface area contributed by atoms with Gasteiger partial charge in [0, 0.05) is 22.0 Å². The number of hydrogen-bond donors (Lipinski definition) is 1. The van der Waals surface area contributed by atoms with Crippen LogP contribution >= 0.6 is 23.1 Å². The number of nitrogens with one attached hydrogen (secondary N) is 1. The van der Waals surface area contributed by atoms with E-state index in [0.717, 1.165) is 38.7 Å². The van der Waals surface area contributed by atoms with E-state index in [1.807, 2.05) is 35.7 Å². The van der Waals surface area contributed by atoms with Gasteiger partial charge in [0.05, 0.1) is 10.4 Å². The van der Waals surface area contributed by atoms with Crippen LogP contribution in [0.2, 0.25) is 0 Å². The molecule has 7 heteroatoms. The van der Waals surface area contributed by atoms with Crippen LogP contribution in [0.25, 0.3) is 16.5 Å². The van der Waals surface area contributed by atoms with Crippen LogP contribution in [0.4, 0.5) is 4.79 Å². The molecule has 112 valence electrons. The van der Waals surface area contributed by atoms with Crippen molar-refractivity contribution in [3.63, 3.8) is 0 Å². The Balaban J connectivity index is 1.96. The summed E-state index contributed by atoms with van der Waals surface area (Å²) in [5.74, 6) is -0.354. The molecule has 5 nitrogen and oxygen atoms in total. The van der Waals surface area contributed by atoms with Gasteiger partial charge in [-0.2, -0.15) is 0 Å². The van der Waals surface area contributed by atoms with Crippen molar-refractivity contribution in [3.05, 3.63) is 63.6 Å². The summed E-state index contributed by atoms with van der Waals surface area (Å²) in [5, 5.41) is 4.81. The third-order valence-corrected chi connectivity index (χ3v) is 5.17. The number of nitrogens with zero attached hydrogens (tertiary/aromatic N) is 2. The molecule has 0 radical (unpaired) electrons. The molecule has 4 rings (SSSR count). The van der Waals surface area contributed by atoms with E-state index in [4.69, 9.17) is 0 Å². The smallest absolute Gasteiger partial charge is 0.282 e. The molecule has 1 N–H and O–H groups in total. The Morgan fingerprint density at radius 3 is 2.83 bits per heavy atom. The fourth-order valence-corrected chi connectivity index (χ4v) is 4.09. The lowest BCUT2D eigenvalue weighted by Gasteiger charge is -2.09. The van der Waals surface area contributed by atoms with E-state index in [0.29, 0.717) is 4.91 Å². The zero-order valence-electron chi connectivity index (χ0n) is 11.6. The molecule has 3 aromatic rings. The van der Waals surface area contributed by atoms with Gasteiger partial charge >= 0.3 is 0 Å². The predicted molar refractivity (Wildman–Crippen MR) is 91.0 cm³/mol. The first-order valence-corrected chi connectivity index (χ1v) is 8.43. The minimum Gasteiger partial charge on any atom is -0.282 e. The number of fused-ring (bicyclic) bond motifs is 1. The molecular formula is C16H9N3O2S2. The first-order valence-electron chi connectivity index (χ1n) is 6.74. The van der Waals surface area contributed by atoms with Gasteiger partial charge in [-0.1, -0.05) is 12.1 Å². The lowest BCUT2D eigenvalue weighted by molar-refractivity contribution is -0.115. The van der Waals surface area contributed by atoms with Crippen LogP contribution < -0.4 is 5.32 Å². The second-order valence-electron chi connectivity index (χ2n) is 4.82. The summed E-state index contributed by atoms with van der Waals surface area (Å²) in [6, 6.07) is 9.60. The highest BCUT2D eigenvalue weighted by Gasteiger charge is 2.30. The maximum absolute atomic E-state index is 12.1. The fourth-order valence-electron chi connectivity index (χ4n) is 2.42. The Labute approximate surface area is 139 Å². The third kappa shape index (κ3) is 2.54. The molecule has 2 amide bonds. The number of aromatic nitrogens is 2. The van der Waals surface area contributed by atoms with E-state index < -0.39 is 0 Å². The quantitative estimate of drug-likeness (QED) is 0.724. The molecule has 0 atom stereocenters. The first-order chi connectivity index (χ1) is 11.2. The van der Waals surface area contributed by atoms with Gasteiger partial charge in [-0.05, 0) is 40.9 Å². The van der Waals surface area contributed by atoms with Gasteiger partial charge in [-0.15, -0.1) is 11.3 Å². The zero-order chi connectivity index (χ0) is 15.8. The maximum Gasteiger partial charge on any atom is 0.290 e. The minimum atomic E-state index is -0.354. The average molecular weight is 339 g/mol. The van der Waals surface area contributed by atoms with Gasteiger partial charge in [0.1, 0.15) is 6.33 Å². The lowest BCUT2D eigenvalue weighted by atomic mass is 10.0. The molecule has 0 spiro atoms. The van der Waals surface area contributed by atoms with Gasteiger partial charge in [0.25, 0.3) is 11.1 Å². The molecule has 1 fully saturated rings. The van der Waals surface area contributed by atoms with Gasteiger partial charge in [0.2, 0.25) is 0 Å². The summed E-state index contributed by atoms with van der Waals surface area (Å²) in [7, 11) is 0. The second kappa shape index (κ2) is 5.60. The van der Waals surface area contributed by atoms with Crippen molar-refractivity contribution in [3.8, 4) is 0 Å². The Bertz CT molecular complexity index is 964. The molecule has 2 aromatic heterocycles. The molecule has 0 aliphatic carbocycles. The summed E-state index contributed by atoms with van der Waals surface area (Å²) < 4.78 is 0. The van der Waals surface area contributed by atoms with Crippen LogP contribution in [0, 0.1) is 0 Å². The van der Waals surface area contributed by atoms with E-state index in [1.165, 1.54) is 17.7 Å². The van der Waals surface area contributed by atoms with Crippen LogP contribution in [0.15, 0.2) is 53.1 Å². The van der Waals surface area contributed by atoms with Crippen LogP contribution in [0.1, 0.15) is 10.4 Å². The number of carbonyl (C=O) groups excluding carboxylic acids is 2. The van der Waals surface area contributed by atoms with E-state index >= 15 is 0 Å². The number of thiophene rings is 1. The topological polar surface area (TPSA) is 72.0 Å². The van der Waals surface area contributed by atoms with Crippen molar-refractivity contribution in [2.45, 2.75) is 0 Å². The molecule has 1 saturated heterocycles. The molecule has 1 aliphatic heterocycles. The normalized spacial score (nSPS) is 16.7. The molecule has 0 bridgehead atoms. The van der Waals surface area contributed by atoms with Gasteiger partial charge < -0.3 is 0 Å². The second-order valence-corrected chi connectivity index (χ2v) is 6.75. The highest BCUT2D eigenvalue weighted by Crippen LogP contribution is 2.38. The Morgan fingerprint density at radius 2 is 2.09 bits per heavy atom. The molecule has 1 aliphatic rings. The summed E-state index contributed by atoms with van der Waals surface area (Å²) in [4.78, 5) is 33.3. The van der Waals surface area contributed by atoms with Crippen molar-refractivity contribution >= 4 is 50.7 Å². The number of imide groups is 1. The zero-order valence-corrected chi connectivity index (χ0v) is 13.3. The molecule has 3 heterocycles. The number of hydrogen-bond acceptors (Lipinski definition) is 6. The minimum absolute atomic E-state index is 0.344. The van der Waals surface area contributed by atoms with Gasteiger partial charge in [0.15, 0.2) is 0 Å². The van der Waals surface area contributed by atoms with Crippen LogP contribution in [0.3, 0.4) is 0 Å². The SMILES string of the molecule is O=C1NC(=O)C(=C(c2ccc3ncncc3c2)c2cccs2)S1. The molecule has 23 heavy (non-hydrogen) atoms. The van der Waals surface area contributed by atoms with E-state index in [1.54, 1.807) is 6.20 Å². The Morgan fingerprint density at radius 1 is 1.17 bits per heavy atom. The van der Waals surface area contributed by atoms with Crippen molar-refractivity contribution < 1.29 is 9.59 Å². The van der Waals surface area contributed by atoms with Crippen molar-refractivity contribution in [1.29, 1.82) is 0 Å². The summed E-state index contributed by atoms with van der Waals surface area (Å²) in [6.45, 7) is 0. The Hall–Kier alpha value is -2.51. The number of benzene rings is 1. The lowest BCUT2D eigenvalue weighted by Crippen LogP contribution is -2.18. The molecule has 0 unspecified atom stereocenters. The van der Waals surface area contributed by atoms with E-state index in [9.17, 15) is 9.59 Å². The summed E-state index contributed by atoms with van der Waals surface area (Å²) in [5.41, 5.74) is 2.46. The standard InChI is InChI=1S/C16H9N3O2S2/c20-15-14(23-16(21)19-15)13(12-2-1-5-22-12)9-3-4-11-10(6-9)7-17-8-18-11/h1-8H,(H,19,20,21). The number of rotatable bonds is 2. The predicted octanol–water partition coefficient (Wildman–Crippen LogP) is 3.43. The first kappa shape index (κ1) is 14.1. The maximum atomic E-state index is 12.1. The van der Waals surface area contributed by atoms with Crippen LogP contribution in [-0.4, -0.2) is 21.1 Å². The third-order valence-electron chi connectivity index (χ3n) is 3.40. The highest BCUT2D eigenvalue weighted by atomic mass is 32.2. The van der Waals surface area contributed by atoms with Crippen LogP contribution in [0.5, 0.6) is 0 Å². The van der Waals surface area contributed by atoms with E-state index in [-0.39, 0.29) is 11.1 Å². The number of thioether (sulfide) groups is 1. The number of carbonyl (C=O) groups is 2. The highest BCUT2D eigenvalue weighted by molar-refractivity contribution is 8.18. The van der Waals surface area contributed by atoms with E-state index in [2.05, 4.69) is 15.3 Å². The number of amides is 2. The van der Waals surface area contributed by atoms with Gasteiger partial charge in [-0.3, -0.25) is 14.9 Å². The van der Waals surface area contributed by atoms with Crippen molar-refractivity contribution in [1.82, 2.24) is 15.3 Å². The largest absolute Gasteiger partial charge is 0.290 e. The molecule has 0 saturated carbocycles.